The first kappa shape index (κ1) is 13.4. The third kappa shape index (κ3) is 4.59. The van der Waals surface area contributed by atoms with Gasteiger partial charge in [-0.15, -0.1) is 0 Å². The van der Waals surface area contributed by atoms with Crippen LogP contribution in [0, 0.1) is 5.92 Å². The largest absolute Gasteiger partial charge is 0.378 e. The van der Waals surface area contributed by atoms with Crippen molar-refractivity contribution < 1.29 is 4.74 Å². The van der Waals surface area contributed by atoms with E-state index in [4.69, 9.17) is 4.74 Å². The number of piperidine rings is 1. The number of nitrogens with one attached hydrogen (secondary N) is 1. The zero-order chi connectivity index (χ0) is 11.9. The standard InChI is InChI=1S/C15H29NO/c1-2-13-6-8-15(9-7-13)17-12-10-14-5-3-4-11-16-14/h13-16H,2-12H2,1H3. The molecule has 0 radical (unpaired) electrons. The SMILES string of the molecule is CCC1CCC(OCCC2CCCCN2)CC1. The van der Waals surface area contributed by atoms with Crippen LogP contribution in [-0.2, 0) is 4.74 Å². The summed E-state index contributed by atoms with van der Waals surface area (Å²) in [6.07, 6.45) is 12.6. The van der Waals surface area contributed by atoms with E-state index in [9.17, 15) is 0 Å². The molecule has 2 heteroatoms. The van der Waals surface area contributed by atoms with E-state index in [-0.39, 0.29) is 0 Å². The van der Waals surface area contributed by atoms with Crippen molar-refractivity contribution in [2.75, 3.05) is 13.2 Å². The molecule has 1 saturated heterocycles. The molecule has 0 aromatic carbocycles. The second kappa shape index (κ2) is 7.38. The van der Waals surface area contributed by atoms with Crippen LogP contribution in [0.15, 0.2) is 0 Å². The summed E-state index contributed by atoms with van der Waals surface area (Å²) in [6.45, 7) is 4.51. The zero-order valence-corrected chi connectivity index (χ0v) is 11.4. The fraction of sp³-hybridized carbons (Fsp3) is 1.00. The Morgan fingerprint density at radius 3 is 2.53 bits per heavy atom. The molecule has 2 fully saturated rings. The molecule has 1 aliphatic heterocycles. The summed E-state index contributed by atoms with van der Waals surface area (Å²) < 4.78 is 6.04. The van der Waals surface area contributed by atoms with E-state index in [1.54, 1.807) is 0 Å². The van der Waals surface area contributed by atoms with Crippen molar-refractivity contribution in [2.24, 2.45) is 5.92 Å². The minimum absolute atomic E-state index is 0.571. The molecule has 1 saturated carbocycles. The molecule has 2 aliphatic rings. The lowest BCUT2D eigenvalue weighted by atomic mass is 9.86. The molecule has 17 heavy (non-hydrogen) atoms. The van der Waals surface area contributed by atoms with Crippen LogP contribution in [0.4, 0.5) is 0 Å². The van der Waals surface area contributed by atoms with Gasteiger partial charge < -0.3 is 10.1 Å². The maximum absolute atomic E-state index is 6.04. The van der Waals surface area contributed by atoms with Gasteiger partial charge in [0, 0.05) is 12.6 Å². The number of hydrogen-bond donors (Lipinski definition) is 1. The van der Waals surface area contributed by atoms with Crippen LogP contribution in [0.3, 0.4) is 0 Å². The monoisotopic (exact) mass is 239 g/mol. The average Bonchev–Trinajstić information content (AvgIpc) is 2.41. The van der Waals surface area contributed by atoms with E-state index in [0.717, 1.165) is 18.6 Å². The predicted octanol–water partition coefficient (Wildman–Crippen LogP) is 3.50. The van der Waals surface area contributed by atoms with Gasteiger partial charge in [-0.05, 0) is 57.4 Å². The normalized spacial score (nSPS) is 34.8. The van der Waals surface area contributed by atoms with E-state index in [1.165, 1.54) is 64.3 Å². The van der Waals surface area contributed by atoms with Crippen molar-refractivity contribution in [3.8, 4) is 0 Å². The van der Waals surface area contributed by atoms with Gasteiger partial charge in [0.05, 0.1) is 6.10 Å². The molecule has 2 nitrogen and oxygen atoms in total. The Labute approximate surface area is 107 Å². The molecule has 1 atom stereocenters. The first-order valence-electron chi connectivity index (χ1n) is 7.73. The lowest BCUT2D eigenvalue weighted by Crippen LogP contribution is -2.35. The number of hydrogen-bond acceptors (Lipinski definition) is 2. The van der Waals surface area contributed by atoms with Gasteiger partial charge in [-0.1, -0.05) is 19.8 Å². The molecule has 0 aromatic heterocycles. The first-order valence-corrected chi connectivity index (χ1v) is 7.73. The van der Waals surface area contributed by atoms with Crippen LogP contribution < -0.4 is 5.32 Å². The maximum Gasteiger partial charge on any atom is 0.0575 e. The van der Waals surface area contributed by atoms with Crippen molar-refractivity contribution in [3.05, 3.63) is 0 Å². The molecule has 0 amide bonds. The van der Waals surface area contributed by atoms with E-state index >= 15 is 0 Å². The minimum Gasteiger partial charge on any atom is -0.378 e. The van der Waals surface area contributed by atoms with Crippen molar-refractivity contribution in [3.63, 3.8) is 0 Å². The summed E-state index contributed by atoms with van der Waals surface area (Å²) in [6, 6.07) is 0.732. The second-order valence-electron chi connectivity index (χ2n) is 5.86. The highest BCUT2D eigenvalue weighted by Gasteiger charge is 2.20. The smallest absolute Gasteiger partial charge is 0.0575 e. The van der Waals surface area contributed by atoms with Crippen LogP contribution in [-0.4, -0.2) is 25.3 Å². The van der Waals surface area contributed by atoms with E-state index in [1.807, 2.05) is 0 Å². The second-order valence-corrected chi connectivity index (χ2v) is 5.86. The Hall–Kier alpha value is -0.0800. The van der Waals surface area contributed by atoms with Gasteiger partial charge in [0.1, 0.15) is 0 Å². The van der Waals surface area contributed by atoms with Gasteiger partial charge in [0.25, 0.3) is 0 Å². The van der Waals surface area contributed by atoms with Gasteiger partial charge in [0.15, 0.2) is 0 Å². The molecule has 1 N–H and O–H groups in total. The van der Waals surface area contributed by atoms with Gasteiger partial charge in [-0.2, -0.15) is 0 Å². The summed E-state index contributed by atoms with van der Waals surface area (Å²) in [5, 5.41) is 3.59. The van der Waals surface area contributed by atoms with Crippen molar-refractivity contribution in [2.45, 2.75) is 76.9 Å². The van der Waals surface area contributed by atoms with Crippen LogP contribution in [0.25, 0.3) is 0 Å². The third-order valence-electron chi connectivity index (χ3n) is 4.60. The number of rotatable bonds is 5. The summed E-state index contributed by atoms with van der Waals surface area (Å²) in [5.74, 6) is 0.981. The van der Waals surface area contributed by atoms with Crippen LogP contribution in [0.2, 0.25) is 0 Å². The molecule has 100 valence electrons. The third-order valence-corrected chi connectivity index (χ3v) is 4.60. The Bertz CT molecular complexity index is 193. The quantitative estimate of drug-likeness (QED) is 0.793. The van der Waals surface area contributed by atoms with Gasteiger partial charge in [-0.3, -0.25) is 0 Å². The highest BCUT2D eigenvalue weighted by atomic mass is 16.5. The molecular weight excluding hydrogens is 210 g/mol. The number of ether oxygens (including phenoxy) is 1. The molecule has 1 aliphatic carbocycles. The molecule has 1 heterocycles. The Morgan fingerprint density at radius 1 is 1.06 bits per heavy atom. The van der Waals surface area contributed by atoms with Gasteiger partial charge >= 0.3 is 0 Å². The fourth-order valence-electron chi connectivity index (χ4n) is 3.25. The van der Waals surface area contributed by atoms with Crippen LogP contribution in [0.1, 0.15) is 64.7 Å². The molecule has 1 unspecified atom stereocenters. The summed E-state index contributed by atoms with van der Waals surface area (Å²) in [4.78, 5) is 0. The molecule has 0 aromatic rings. The van der Waals surface area contributed by atoms with Gasteiger partial charge in [-0.25, -0.2) is 0 Å². The van der Waals surface area contributed by atoms with E-state index in [2.05, 4.69) is 12.2 Å². The molecule has 2 rings (SSSR count). The lowest BCUT2D eigenvalue weighted by Gasteiger charge is -2.29. The van der Waals surface area contributed by atoms with Crippen LogP contribution >= 0.6 is 0 Å². The summed E-state index contributed by atoms with van der Waals surface area (Å²) in [7, 11) is 0. The Balaban J connectivity index is 1.53. The van der Waals surface area contributed by atoms with Crippen molar-refractivity contribution in [1.29, 1.82) is 0 Å². The molecule has 0 spiro atoms. The zero-order valence-electron chi connectivity index (χ0n) is 11.4. The first-order chi connectivity index (χ1) is 8.38. The van der Waals surface area contributed by atoms with Crippen LogP contribution in [0.5, 0.6) is 0 Å². The minimum atomic E-state index is 0.571. The van der Waals surface area contributed by atoms with E-state index in [0.29, 0.717) is 6.10 Å². The Morgan fingerprint density at radius 2 is 1.88 bits per heavy atom. The van der Waals surface area contributed by atoms with Crippen molar-refractivity contribution in [1.82, 2.24) is 5.32 Å². The maximum atomic E-state index is 6.04. The molecular formula is C15H29NO. The summed E-state index contributed by atoms with van der Waals surface area (Å²) in [5.41, 5.74) is 0. The van der Waals surface area contributed by atoms with Crippen molar-refractivity contribution >= 4 is 0 Å². The highest BCUT2D eigenvalue weighted by molar-refractivity contribution is 4.74. The summed E-state index contributed by atoms with van der Waals surface area (Å²) >= 11 is 0. The van der Waals surface area contributed by atoms with E-state index < -0.39 is 0 Å². The average molecular weight is 239 g/mol. The topological polar surface area (TPSA) is 21.3 Å². The predicted molar refractivity (Wildman–Crippen MR) is 72.2 cm³/mol. The lowest BCUT2D eigenvalue weighted by molar-refractivity contribution is 0.0124. The molecule has 0 bridgehead atoms. The van der Waals surface area contributed by atoms with Gasteiger partial charge in [0.2, 0.25) is 0 Å². The Kier molecular flexibility index (Phi) is 5.79. The fourth-order valence-corrected chi connectivity index (χ4v) is 3.25. The highest BCUT2D eigenvalue weighted by Crippen LogP contribution is 2.28.